The SMILES string of the molecule is CC[C@H](C(=O)N[C@H]1CCOc2ccccc21)n1nnc(-c2ccc(Cl)cc2)n1. The van der Waals surface area contributed by atoms with Crippen molar-refractivity contribution in [2.75, 3.05) is 6.61 Å². The maximum absolute atomic E-state index is 12.9. The minimum atomic E-state index is -0.538. The molecule has 1 amide bonds. The minimum Gasteiger partial charge on any atom is -0.493 e. The highest BCUT2D eigenvalue weighted by atomic mass is 35.5. The van der Waals surface area contributed by atoms with Gasteiger partial charge in [-0.2, -0.15) is 4.80 Å². The van der Waals surface area contributed by atoms with E-state index in [0.717, 1.165) is 23.3 Å². The zero-order valence-electron chi connectivity index (χ0n) is 15.4. The summed E-state index contributed by atoms with van der Waals surface area (Å²) in [6.45, 7) is 2.49. The highest BCUT2D eigenvalue weighted by Crippen LogP contribution is 2.32. The number of ether oxygens (including phenoxy) is 1. The Labute approximate surface area is 167 Å². The van der Waals surface area contributed by atoms with Crippen LogP contribution in [-0.2, 0) is 4.79 Å². The van der Waals surface area contributed by atoms with Gasteiger partial charge in [-0.1, -0.05) is 36.7 Å². The van der Waals surface area contributed by atoms with Crippen LogP contribution in [0.4, 0.5) is 0 Å². The van der Waals surface area contributed by atoms with E-state index in [1.54, 1.807) is 12.1 Å². The fraction of sp³-hybridized carbons (Fsp3) is 0.300. The molecular weight excluding hydrogens is 378 g/mol. The lowest BCUT2D eigenvalue weighted by atomic mass is 10.00. The average Bonchev–Trinajstić information content (AvgIpc) is 3.19. The number of nitrogens with one attached hydrogen (secondary N) is 1. The molecule has 4 rings (SSSR count). The molecule has 0 bridgehead atoms. The molecule has 144 valence electrons. The summed E-state index contributed by atoms with van der Waals surface area (Å²) in [4.78, 5) is 14.3. The molecule has 1 N–H and O–H groups in total. The number of nitrogens with zero attached hydrogens (tertiary/aromatic N) is 4. The number of carbonyl (C=O) groups is 1. The molecule has 3 aromatic rings. The third-order valence-electron chi connectivity index (χ3n) is 4.77. The summed E-state index contributed by atoms with van der Waals surface area (Å²) in [7, 11) is 0. The second-order valence-corrected chi connectivity index (χ2v) is 7.04. The minimum absolute atomic E-state index is 0.0919. The van der Waals surface area contributed by atoms with E-state index in [2.05, 4.69) is 20.7 Å². The number of aromatic nitrogens is 4. The number of benzene rings is 2. The first-order valence-electron chi connectivity index (χ1n) is 9.23. The predicted molar refractivity (Wildman–Crippen MR) is 105 cm³/mol. The molecule has 8 heteroatoms. The van der Waals surface area contributed by atoms with Crippen LogP contribution >= 0.6 is 11.6 Å². The first kappa shape index (κ1) is 18.4. The molecule has 0 saturated heterocycles. The maximum atomic E-state index is 12.9. The van der Waals surface area contributed by atoms with Crippen molar-refractivity contribution in [2.24, 2.45) is 0 Å². The molecule has 0 unspecified atom stereocenters. The van der Waals surface area contributed by atoms with Crippen LogP contribution in [0.15, 0.2) is 48.5 Å². The number of para-hydroxylation sites is 1. The van der Waals surface area contributed by atoms with Crippen molar-refractivity contribution >= 4 is 17.5 Å². The number of amides is 1. The molecule has 0 fully saturated rings. The molecule has 2 atom stereocenters. The first-order chi connectivity index (χ1) is 13.7. The Morgan fingerprint density at radius 2 is 2.07 bits per heavy atom. The van der Waals surface area contributed by atoms with Crippen LogP contribution in [0.25, 0.3) is 11.4 Å². The van der Waals surface area contributed by atoms with E-state index in [1.165, 1.54) is 4.80 Å². The Morgan fingerprint density at radius 3 is 2.86 bits per heavy atom. The Morgan fingerprint density at radius 1 is 1.29 bits per heavy atom. The number of rotatable bonds is 5. The first-order valence-corrected chi connectivity index (χ1v) is 9.61. The topological polar surface area (TPSA) is 81.9 Å². The van der Waals surface area contributed by atoms with Gasteiger partial charge in [-0.05, 0) is 42.0 Å². The van der Waals surface area contributed by atoms with E-state index in [4.69, 9.17) is 16.3 Å². The van der Waals surface area contributed by atoms with Gasteiger partial charge in [0, 0.05) is 22.6 Å². The number of hydrogen-bond acceptors (Lipinski definition) is 5. The molecule has 28 heavy (non-hydrogen) atoms. The number of fused-ring (bicyclic) bond motifs is 1. The molecule has 1 aliphatic rings. The normalized spacial score (nSPS) is 16.7. The van der Waals surface area contributed by atoms with Crippen LogP contribution in [0.2, 0.25) is 5.02 Å². The number of hydrogen-bond donors (Lipinski definition) is 1. The summed E-state index contributed by atoms with van der Waals surface area (Å²) in [6.07, 6.45) is 1.27. The monoisotopic (exact) mass is 397 g/mol. The number of tetrazole rings is 1. The molecule has 2 aromatic carbocycles. The van der Waals surface area contributed by atoms with Gasteiger partial charge in [-0.15, -0.1) is 10.2 Å². The fourth-order valence-corrected chi connectivity index (χ4v) is 3.41. The van der Waals surface area contributed by atoms with E-state index in [-0.39, 0.29) is 11.9 Å². The van der Waals surface area contributed by atoms with Gasteiger partial charge in [0.05, 0.1) is 12.6 Å². The van der Waals surface area contributed by atoms with Gasteiger partial charge in [-0.25, -0.2) is 0 Å². The Hall–Kier alpha value is -2.93. The second-order valence-electron chi connectivity index (χ2n) is 6.60. The molecule has 0 spiro atoms. The smallest absolute Gasteiger partial charge is 0.247 e. The van der Waals surface area contributed by atoms with Crippen molar-refractivity contribution in [2.45, 2.75) is 31.8 Å². The lowest BCUT2D eigenvalue weighted by molar-refractivity contribution is -0.126. The van der Waals surface area contributed by atoms with E-state index >= 15 is 0 Å². The third-order valence-corrected chi connectivity index (χ3v) is 5.03. The Kier molecular flexibility index (Phi) is 5.25. The third kappa shape index (κ3) is 3.71. The van der Waals surface area contributed by atoms with E-state index in [9.17, 15) is 4.79 Å². The fourth-order valence-electron chi connectivity index (χ4n) is 3.29. The molecular formula is C20H20ClN5O2. The lowest BCUT2D eigenvalue weighted by Gasteiger charge is -2.27. The lowest BCUT2D eigenvalue weighted by Crippen LogP contribution is -2.37. The van der Waals surface area contributed by atoms with E-state index < -0.39 is 6.04 Å². The van der Waals surface area contributed by atoms with Crippen LogP contribution in [0.3, 0.4) is 0 Å². The van der Waals surface area contributed by atoms with Crippen LogP contribution in [0.1, 0.15) is 37.4 Å². The quantitative estimate of drug-likeness (QED) is 0.711. The Bertz CT molecular complexity index is 973. The zero-order chi connectivity index (χ0) is 19.5. The van der Waals surface area contributed by atoms with Crippen molar-refractivity contribution in [1.82, 2.24) is 25.5 Å². The highest BCUT2D eigenvalue weighted by Gasteiger charge is 2.28. The molecule has 0 saturated carbocycles. The molecule has 7 nitrogen and oxygen atoms in total. The summed E-state index contributed by atoms with van der Waals surface area (Å²) in [5.41, 5.74) is 1.79. The van der Waals surface area contributed by atoms with Gasteiger partial charge in [0.1, 0.15) is 5.75 Å². The molecule has 1 aliphatic heterocycles. The highest BCUT2D eigenvalue weighted by molar-refractivity contribution is 6.30. The van der Waals surface area contributed by atoms with Crippen molar-refractivity contribution in [3.63, 3.8) is 0 Å². The second kappa shape index (κ2) is 7.98. The summed E-state index contributed by atoms with van der Waals surface area (Å²) >= 11 is 5.92. The van der Waals surface area contributed by atoms with Crippen molar-refractivity contribution in [1.29, 1.82) is 0 Å². The van der Waals surface area contributed by atoms with E-state index in [0.29, 0.717) is 23.9 Å². The predicted octanol–water partition coefficient (Wildman–Crippen LogP) is 3.58. The van der Waals surface area contributed by atoms with Gasteiger partial charge < -0.3 is 10.1 Å². The van der Waals surface area contributed by atoms with Gasteiger partial charge in [0.15, 0.2) is 6.04 Å². The van der Waals surface area contributed by atoms with Gasteiger partial charge in [-0.3, -0.25) is 4.79 Å². The molecule has 0 radical (unpaired) electrons. The van der Waals surface area contributed by atoms with Gasteiger partial charge in [0.2, 0.25) is 11.7 Å². The summed E-state index contributed by atoms with van der Waals surface area (Å²) in [5.74, 6) is 1.14. The molecule has 0 aliphatic carbocycles. The molecule has 2 heterocycles. The number of halogens is 1. The standard InChI is InChI=1S/C20H20ClN5O2/c1-2-17(26-24-19(23-25-26)13-7-9-14(21)10-8-13)20(27)22-16-11-12-28-18-6-4-3-5-15(16)18/h3-10,16-17H,2,11-12H2,1H3,(H,22,27)/t16-,17+/m0/s1. The largest absolute Gasteiger partial charge is 0.493 e. The summed E-state index contributed by atoms with van der Waals surface area (Å²) < 4.78 is 5.67. The van der Waals surface area contributed by atoms with Crippen LogP contribution in [0.5, 0.6) is 5.75 Å². The zero-order valence-corrected chi connectivity index (χ0v) is 16.1. The van der Waals surface area contributed by atoms with Gasteiger partial charge in [0.25, 0.3) is 0 Å². The van der Waals surface area contributed by atoms with Crippen molar-refractivity contribution in [3.8, 4) is 17.1 Å². The maximum Gasteiger partial charge on any atom is 0.247 e. The van der Waals surface area contributed by atoms with Crippen LogP contribution in [0, 0.1) is 0 Å². The van der Waals surface area contributed by atoms with Crippen LogP contribution < -0.4 is 10.1 Å². The van der Waals surface area contributed by atoms with Gasteiger partial charge >= 0.3 is 0 Å². The average molecular weight is 398 g/mol. The molecule has 1 aromatic heterocycles. The van der Waals surface area contributed by atoms with E-state index in [1.807, 2.05) is 43.3 Å². The van der Waals surface area contributed by atoms with Crippen molar-refractivity contribution in [3.05, 3.63) is 59.1 Å². The summed E-state index contributed by atoms with van der Waals surface area (Å²) in [5, 5.41) is 16.3. The van der Waals surface area contributed by atoms with Crippen molar-refractivity contribution < 1.29 is 9.53 Å². The van der Waals surface area contributed by atoms with Crippen LogP contribution in [-0.4, -0.2) is 32.7 Å². The Balaban J connectivity index is 1.52. The number of carbonyl (C=O) groups excluding carboxylic acids is 1. The summed E-state index contributed by atoms with van der Waals surface area (Å²) in [6, 6.07) is 14.3.